The van der Waals surface area contributed by atoms with Crippen molar-refractivity contribution in [1.82, 2.24) is 25.1 Å². The highest BCUT2D eigenvalue weighted by Crippen LogP contribution is 2.40. The quantitative estimate of drug-likeness (QED) is 0.747. The Hall–Kier alpha value is -2.34. The highest BCUT2D eigenvalue weighted by molar-refractivity contribution is 5.35. The highest BCUT2D eigenvalue weighted by Gasteiger charge is 2.35. The van der Waals surface area contributed by atoms with E-state index in [0.717, 1.165) is 31.0 Å². The Morgan fingerprint density at radius 2 is 2.15 bits per heavy atom. The fraction of sp³-hybridized carbons (Fsp3) is 0.500. The van der Waals surface area contributed by atoms with Crippen molar-refractivity contribution in [2.75, 3.05) is 6.54 Å². The second-order valence-corrected chi connectivity index (χ2v) is 7.54. The predicted octanol–water partition coefficient (Wildman–Crippen LogP) is 3.92. The van der Waals surface area contributed by atoms with Gasteiger partial charge in [0.25, 0.3) is 0 Å². The van der Waals surface area contributed by atoms with Crippen LogP contribution in [0.5, 0.6) is 0 Å². The molecule has 0 bridgehead atoms. The molecule has 1 fully saturated rings. The van der Waals surface area contributed by atoms with Crippen LogP contribution >= 0.6 is 0 Å². The molecule has 0 saturated heterocycles. The van der Waals surface area contributed by atoms with Gasteiger partial charge in [-0.25, -0.2) is 4.98 Å². The average molecular weight is 351 g/mol. The molecule has 1 saturated carbocycles. The topological polar surface area (TPSA) is 73.7 Å². The van der Waals surface area contributed by atoms with E-state index in [2.05, 4.69) is 26.1 Å². The van der Waals surface area contributed by atoms with Gasteiger partial charge in [0, 0.05) is 35.8 Å². The normalized spacial score (nSPS) is 21.8. The second kappa shape index (κ2) is 6.76. The molecule has 1 aliphatic heterocycles. The summed E-state index contributed by atoms with van der Waals surface area (Å²) < 4.78 is 5.62. The van der Waals surface area contributed by atoms with Crippen molar-refractivity contribution >= 4 is 0 Å². The lowest BCUT2D eigenvalue weighted by Crippen LogP contribution is -2.36. The highest BCUT2D eigenvalue weighted by atomic mass is 16.3. The van der Waals surface area contributed by atoms with Crippen molar-refractivity contribution in [2.45, 2.75) is 57.0 Å². The van der Waals surface area contributed by atoms with E-state index < -0.39 is 0 Å². The van der Waals surface area contributed by atoms with Gasteiger partial charge in [-0.05, 0) is 25.0 Å². The maximum Gasteiger partial charge on any atom is 0.117 e. The lowest BCUT2D eigenvalue weighted by atomic mass is 9.83. The van der Waals surface area contributed by atoms with Crippen LogP contribution in [0, 0.1) is 0 Å². The molecule has 0 unspecified atom stereocenters. The summed E-state index contributed by atoms with van der Waals surface area (Å²) in [6.07, 6.45) is 13.1. The molecule has 5 rings (SSSR count). The third kappa shape index (κ3) is 2.78. The van der Waals surface area contributed by atoms with Crippen LogP contribution in [0.25, 0.3) is 0 Å². The zero-order chi connectivity index (χ0) is 17.3. The SMILES string of the molecule is c1coc(CN2CCc3[nH]cnc3[C@H]2c2cn[nH]c2C2CCCCC2)c1. The zero-order valence-corrected chi connectivity index (χ0v) is 14.9. The maximum atomic E-state index is 5.62. The summed E-state index contributed by atoms with van der Waals surface area (Å²) in [5, 5.41) is 7.79. The molecule has 3 aromatic rings. The monoisotopic (exact) mass is 351 g/mol. The van der Waals surface area contributed by atoms with Gasteiger partial charge in [-0.2, -0.15) is 5.10 Å². The lowest BCUT2D eigenvalue weighted by Gasteiger charge is -2.35. The van der Waals surface area contributed by atoms with Gasteiger partial charge in [-0.15, -0.1) is 0 Å². The molecule has 2 N–H and O–H groups in total. The summed E-state index contributed by atoms with van der Waals surface area (Å²) >= 11 is 0. The molecule has 3 aromatic heterocycles. The zero-order valence-electron chi connectivity index (χ0n) is 14.9. The molecule has 0 aromatic carbocycles. The fourth-order valence-corrected chi connectivity index (χ4v) is 4.68. The summed E-state index contributed by atoms with van der Waals surface area (Å²) in [5.41, 5.74) is 4.99. The van der Waals surface area contributed by atoms with Gasteiger partial charge in [0.1, 0.15) is 5.76 Å². The number of rotatable bonds is 4. The van der Waals surface area contributed by atoms with Gasteiger partial charge in [-0.3, -0.25) is 10.00 Å². The molecule has 136 valence electrons. The Kier molecular flexibility index (Phi) is 4.13. The molecule has 4 heterocycles. The Balaban J connectivity index is 1.52. The third-order valence-electron chi connectivity index (χ3n) is 5.97. The third-order valence-corrected chi connectivity index (χ3v) is 5.97. The smallest absolute Gasteiger partial charge is 0.117 e. The summed E-state index contributed by atoms with van der Waals surface area (Å²) in [6, 6.07) is 4.14. The first kappa shape index (κ1) is 15.9. The molecular formula is C20H25N5O. The number of fused-ring (bicyclic) bond motifs is 1. The van der Waals surface area contributed by atoms with Crippen molar-refractivity contribution in [1.29, 1.82) is 0 Å². The van der Waals surface area contributed by atoms with Crippen LogP contribution in [-0.4, -0.2) is 31.6 Å². The number of aromatic nitrogens is 4. The first-order valence-electron chi connectivity index (χ1n) is 9.72. The van der Waals surface area contributed by atoms with Crippen molar-refractivity contribution < 1.29 is 4.42 Å². The van der Waals surface area contributed by atoms with Crippen LogP contribution in [0.15, 0.2) is 35.3 Å². The van der Waals surface area contributed by atoms with Crippen molar-refractivity contribution in [3.63, 3.8) is 0 Å². The standard InChI is InChI=1S/C20H25N5O/c1-2-5-14(6-3-1)18-16(11-23-24-18)20-19-17(21-13-22-19)8-9-25(20)12-15-7-4-10-26-15/h4,7,10-11,13-14,20H,1-3,5-6,8-9,12H2,(H,21,22)(H,23,24)/t20-/m1/s1. The number of nitrogens with zero attached hydrogens (tertiary/aromatic N) is 3. The first-order chi connectivity index (χ1) is 12.9. The number of H-pyrrole nitrogens is 2. The summed E-state index contributed by atoms with van der Waals surface area (Å²) in [7, 11) is 0. The molecule has 0 amide bonds. The number of imidazole rings is 1. The molecule has 2 aliphatic rings. The van der Waals surface area contributed by atoms with Gasteiger partial charge >= 0.3 is 0 Å². The van der Waals surface area contributed by atoms with E-state index in [9.17, 15) is 0 Å². The van der Waals surface area contributed by atoms with E-state index in [1.807, 2.05) is 18.6 Å². The van der Waals surface area contributed by atoms with Gasteiger partial charge in [0.05, 0.1) is 37.1 Å². The maximum absolute atomic E-state index is 5.62. The first-order valence-corrected chi connectivity index (χ1v) is 9.72. The van der Waals surface area contributed by atoms with E-state index in [-0.39, 0.29) is 6.04 Å². The van der Waals surface area contributed by atoms with Gasteiger partial charge < -0.3 is 9.40 Å². The predicted molar refractivity (Wildman–Crippen MR) is 97.7 cm³/mol. The molecular weight excluding hydrogens is 326 g/mol. The molecule has 26 heavy (non-hydrogen) atoms. The molecule has 6 nitrogen and oxygen atoms in total. The summed E-state index contributed by atoms with van der Waals surface area (Å²) in [4.78, 5) is 10.5. The number of aromatic amines is 2. The second-order valence-electron chi connectivity index (χ2n) is 7.54. The Bertz CT molecular complexity index is 843. The minimum absolute atomic E-state index is 0.130. The molecule has 1 aliphatic carbocycles. The number of nitrogens with one attached hydrogen (secondary N) is 2. The van der Waals surface area contributed by atoms with Crippen LogP contribution in [0.4, 0.5) is 0 Å². The molecule has 1 atom stereocenters. The number of hydrogen-bond acceptors (Lipinski definition) is 4. The largest absolute Gasteiger partial charge is 0.468 e. The van der Waals surface area contributed by atoms with E-state index in [1.54, 1.807) is 6.26 Å². The lowest BCUT2D eigenvalue weighted by molar-refractivity contribution is 0.184. The number of furan rings is 1. The van der Waals surface area contributed by atoms with Gasteiger partial charge in [0.2, 0.25) is 0 Å². The molecule has 0 spiro atoms. The van der Waals surface area contributed by atoms with Crippen molar-refractivity contribution in [3.8, 4) is 0 Å². The fourth-order valence-electron chi connectivity index (χ4n) is 4.68. The van der Waals surface area contributed by atoms with Crippen LogP contribution in [0.2, 0.25) is 0 Å². The Morgan fingerprint density at radius 3 is 3.00 bits per heavy atom. The van der Waals surface area contributed by atoms with Crippen LogP contribution in [0.1, 0.15) is 72.5 Å². The Labute approximate surface area is 153 Å². The molecule has 0 radical (unpaired) electrons. The van der Waals surface area contributed by atoms with E-state index in [1.165, 1.54) is 49.1 Å². The van der Waals surface area contributed by atoms with Crippen LogP contribution < -0.4 is 0 Å². The van der Waals surface area contributed by atoms with Crippen LogP contribution in [0.3, 0.4) is 0 Å². The van der Waals surface area contributed by atoms with Crippen LogP contribution in [-0.2, 0) is 13.0 Å². The van der Waals surface area contributed by atoms with Crippen molar-refractivity contribution in [2.24, 2.45) is 0 Å². The van der Waals surface area contributed by atoms with E-state index in [0.29, 0.717) is 5.92 Å². The minimum atomic E-state index is 0.130. The van der Waals surface area contributed by atoms with Gasteiger partial charge in [-0.1, -0.05) is 19.3 Å². The van der Waals surface area contributed by atoms with Gasteiger partial charge in [0.15, 0.2) is 0 Å². The number of hydrogen-bond donors (Lipinski definition) is 2. The Morgan fingerprint density at radius 1 is 1.23 bits per heavy atom. The average Bonchev–Trinajstić information content (AvgIpc) is 3.44. The van der Waals surface area contributed by atoms with Crippen molar-refractivity contribution in [3.05, 3.63) is 59.3 Å². The minimum Gasteiger partial charge on any atom is -0.468 e. The van der Waals surface area contributed by atoms with E-state index >= 15 is 0 Å². The summed E-state index contributed by atoms with van der Waals surface area (Å²) in [5.74, 6) is 1.59. The van der Waals surface area contributed by atoms with E-state index in [4.69, 9.17) is 9.40 Å². The summed E-state index contributed by atoms with van der Waals surface area (Å²) in [6.45, 7) is 1.77. The molecule has 6 heteroatoms.